The number of benzene rings is 1. The number of hydrogen-bond acceptors (Lipinski definition) is 3. The zero-order valence-electron chi connectivity index (χ0n) is 10.3. The summed E-state index contributed by atoms with van der Waals surface area (Å²) in [4.78, 5) is 6.39. The fourth-order valence-electron chi connectivity index (χ4n) is 2.44. The highest BCUT2D eigenvalue weighted by molar-refractivity contribution is 6.31. The van der Waals surface area contributed by atoms with E-state index in [1.54, 1.807) is 13.3 Å². The van der Waals surface area contributed by atoms with Crippen LogP contribution >= 0.6 is 11.6 Å². The standard InChI is InChI=1S/C14H13ClN2O/c1-17-8-9-6-16-7-13(18-2)14(9)11-4-3-10(15)5-12(11)17/h3-7H,8H2,1-2H3. The van der Waals surface area contributed by atoms with E-state index in [1.807, 2.05) is 24.4 Å². The second-order valence-electron chi connectivity index (χ2n) is 4.39. The topological polar surface area (TPSA) is 25.4 Å². The Kier molecular flexibility index (Phi) is 2.63. The molecule has 0 radical (unpaired) electrons. The maximum Gasteiger partial charge on any atom is 0.145 e. The molecule has 3 rings (SSSR count). The van der Waals surface area contributed by atoms with Gasteiger partial charge in [-0.1, -0.05) is 17.7 Å². The lowest BCUT2D eigenvalue weighted by atomic mass is 9.94. The average molecular weight is 261 g/mol. The minimum atomic E-state index is 0.747. The lowest BCUT2D eigenvalue weighted by molar-refractivity contribution is 0.414. The molecule has 1 aliphatic rings. The summed E-state index contributed by atoms with van der Waals surface area (Å²) in [6.45, 7) is 0.812. The van der Waals surface area contributed by atoms with Crippen molar-refractivity contribution >= 4 is 17.3 Å². The van der Waals surface area contributed by atoms with Crippen molar-refractivity contribution in [2.45, 2.75) is 6.54 Å². The van der Waals surface area contributed by atoms with Gasteiger partial charge in [0.1, 0.15) is 5.75 Å². The van der Waals surface area contributed by atoms with Crippen molar-refractivity contribution in [3.8, 4) is 16.9 Å². The summed E-state index contributed by atoms with van der Waals surface area (Å²) in [5, 5.41) is 0.747. The Morgan fingerprint density at radius 1 is 1.33 bits per heavy atom. The molecule has 0 N–H and O–H groups in total. The van der Waals surface area contributed by atoms with Gasteiger partial charge < -0.3 is 9.64 Å². The third kappa shape index (κ3) is 1.63. The molecule has 1 aromatic heterocycles. The van der Waals surface area contributed by atoms with Crippen LogP contribution in [0.25, 0.3) is 11.1 Å². The molecule has 0 unspecified atom stereocenters. The van der Waals surface area contributed by atoms with E-state index in [4.69, 9.17) is 16.3 Å². The quantitative estimate of drug-likeness (QED) is 0.786. The van der Waals surface area contributed by atoms with E-state index >= 15 is 0 Å². The number of pyridine rings is 1. The highest BCUT2D eigenvalue weighted by Crippen LogP contribution is 2.43. The average Bonchev–Trinajstić information content (AvgIpc) is 2.38. The van der Waals surface area contributed by atoms with Crippen molar-refractivity contribution in [1.82, 2.24) is 4.98 Å². The molecular weight excluding hydrogens is 248 g/mol. The molecule has 1 aliphatic heterocycles. The van der Waals surface area contributed by atoms with Gasteiger partial charge in [0.15, 0.2) is 0 Å². The van der Waals surface area contributed by atoms with Gasteiger partial charge in [-0.15, -0.1) is 0 Å². The van der Waals surface area contributed by atoms with Crippen molar-refractivity contribution in [3.05, 3.63) is 41.2 Å². The van der Waals surface area contributed by atoms with Gasteiger partial charge in [0.2, 0.25) is 0 Å². The lowest BCUT2D eigenvalue weighted by Gasteiger charge is -2.30. The maximum absolute atomic E-state index is 6.07. The van der Waals surface area contributed by atoms with Crippen LogP contribution in [0, 0.1) is 0 Å². The number of rotatable bonds is 1. The number of methoxy groups -OCH3 is 1. The highest BCUT2D eigenvalue weighted by Gasteiger charge is 2.23. The van der Waals surface area contributed by atoms with Crippen LogP contribution < -0.4 is 9.64 Å². The number of aromatic nitrogens is 1. The molecule has 18 heavy (non-hydrogen) atoms. The Hall–Kier alpha value is -1.74. The van der Waals surface area contributed by atoms with Gasteiger partial charge in [-0.2, -0.15) is 0 Å². The van der Waals surface area contributed by atoms with Crippen molar-refractivity contribution in [2.75, 3.05) is 19.1 Å². The first kappa shape index (κ1) is 11.4. The summed E-state index contributed by atoms with van der Waals surface area (Å²) in [6.07, 6.45) is 3.65. The highest BCUT2D eigenvalue weighted by atomic mass is 35.5. The Bertz CT molecular complexity index is 613. The number of nitrogens with zero attached hydrogens (tertiary/aromatic N) is 2. The zero-order chi connectivity index (χ0) is 12.7. The van der Waals surface area contributed by atoms with Crippen molar-refractivity contribution in [1.29, 1.82) is 0 Å². The zero-order valence-corrected chi connectivity index (χ0v) is 11.0. The maximum atomic E-state index is 6.07. The first-order chi connectivity index (χ1) is 8.70. The molecule has 2 heterocycles. The summed E-state index contributed by atoms with van der Waals surface area (Å²) in [6, 6.07) is 5.93. The van der Waals surface area contributed by atoms with Crippen LogP contribution in [0.2, 0.25) is 5.02 Å². The Labute approximate surface area is 111 Å². The molecule has 4 heteroatoms. The van der Waals surface area contributed by atoms with Gasteiger partial charge in [0.05, 0.1) is 13.3 Å². The Morgan fingerprint density at radius 3 is 2.94 bits per heavy atom. The molecule has 0 aliphatic carbocycles. The van der Waals surface area contributed by atoms with E-state index < -0.39 is 0 Å². The lowest BCUT2D eigenvalue weighted by Crippen LogP contribution is -2.22. The van der Waals surface area contributed by atoms with Crippen LogP contribution in [-0.2, 0) is 6.54 Å². The fraction of sp³-hybridized carbons (Fsp3) is 0.214. The first-order valence-corrected chi connectivity index (χ1v) is 6.10. The third-order valence-corrected chi connectivity index (χ3v) is 3.49. The largest absolute Gasteiger partial charge is 0.494 e. The van der Waals surface area contributed by atoms with Crippen LogP contribution in [0.15, 0.2) is 30.6 Å². The van der Waals surface area contributed by atoms with E-state index in [2.05, 4.69) is 16.9 Å². The summed E-state index contributed by atoms with van der Waals surface area (Å²) in [7, 11) is 3.72. The molecule has 1 aromatic carbocycles. The van der Waals surface area contributed by atoms with E-state index in [9.17, 15) is 0 Å². The van der Waals surface area contributed by atoms with E-state index in [0.29, 0.717) is 0 Å². The van der Waals surface area contributed by atoms with Gasteiger partial charge in [0.25, 0.3) is 0 Å². The van der Waals surface area contributed by atoms with Gasteiger partial charge >= 0.3 is 0 Å². The second-order valence-corrected chi connectivity index (χ2v) is 4.83. The van der Waals surface area contributed by atoms with E-state index in [0.717, 1.165) is 34.1 Å². The van der Waals surface area contributed by atoms with Gasteiger partial charge in [-0.25, -0.2) is 0 Å². The molecular formula is C14H13ClN2O. The van der Waals surface area contributed by atoms with Crippen LogP contribution in [0.1, 0.15) is 5.56 Å². The monoisotopic (exact) mass is 260 g/mol. The van der Waals surface area contributed by atoms with Gasteiger partial charge in [0, 0.05) is 47.2 Å². The summed E-state index contributed by atoms with van der Waals surface area (Å²) in [5.74, 6) is 0.809. The molecule has 0 saturated heterocycles. The summed E-state index contributed by atoms with van der Waals surface area (Å²) >= 11 is 6.07. The van der Waals surface area contributed by atoms with Crippen molar-refractivity contribution in [2.24, 2.45) is 0 Å². The molecule has 0 amide bonds. The SMILES string of the molecule is COc1cncc2c1-c1ccc(Cl)cc1N(C)C2. The van der Waals surface area contributed by atoms with Crippen molar-refractivity contribution < 1.29 is 4.74 Å². The van der Waals surface area contributed by atoms with Crippen molar-refractivity contribution in [3.63, 3.8) is 0 Å². The van der Waals surface area contributed by atoms with E-state index in [-0.39, 0.29) is 0 Å². The predicted molar refractivity (Wildman–Crippen MR) is 73.3 cm³/mol. The fourth-order valence-corrected chi connectivity index (χ4v) is 2.60. The smallest absolute Gasteiger partial charge is 0.145 e. The Balaban J connectivity index is 2.30. The summed E-state index contributed by atoms with van der Waals surface area (Å²) in [5.41, 5.74) is 4.56. The third-order valence-electron chi connectivity index (χ3n) is 3.26. The second kappa shape index (κ2) is 4.18. The van der Waals surface area contributed by atoms with Crippen LogP contribution in [-0.4, -0.2) is 19.1 Å². The van der Waals surface area contributed by atoms with Gasteiger partial charge in [-0.3, -0.25) is 4.98 Å². The minimum Gasteiger partial charge on any atom is -0.494 e. The number of halogens is 1. The molecule has 92 valence electrons. The van der Waals surface area contributed by atoms with Crippen LogP contribution in [0.3, 0.4) is 0 Å². The molecule has 0 spiro atoms. The molecule has 3 nitrogen and oxygen atoms in total. The molecule has 2 aromatic rings. The Morgan fingerprint density at radius 2 is 2.17 bits per heavy atom. The number of hydrogen-bond donors (Lipinski definition) is 0. The normalized spacial score (nSPS) is 12.9. The van der Waals surface area contributed by atoms with E-state index in [1.165, 1.54) is 5.56 Å². The molecule has 0 saturated carbocycles. The van der Waals surface area contributed by atoms with Gasteiger partial charge in [-0.05, 0) is 12.1 Å². The first-order valence-electron chi connectivity index (χ1n) is 5.72. The molecule has 0 fully saturated rings. The number of fused-ring (bicyclic) bond motifs is 3. The minimum absolute atomic E-state index is 0.747. The summed E-state index contributed by atoms with van der Waals surface area (Å²) < 4.78 is 5.42. The van der Waals surface area contributed by atoms with Crippen LogP contribution in [0.4, 0.5) is 5.69 Å². The number of ether oxygens (including phenoxy) is 1. The number of anilines is 1. The predicted octanol–water partition coefficient (Wildman–Crippen LogP) is 3.36. The molecule has 0 bridgehead atoms. The van der Waals surface area contributed by atoms with Crippen LogP contribution in [0.5, 0.6) is 5.75 Å². The molecule has 0 atom stereocenters.